The van der Waals surface area contributed by atoms with E-state index in [1.165, 1.54) is 0 Å². The molecule has 0 spiro atoms. The second kappa shape index (κ2) is 7.11. The normalized spacial score (nSPS) is 11.3. The van der Waals surface area contributed by atoms with Gasteiger partial charge in [-0.2, -0.15) is 5.21 Å². The van der Waals surface area contributed by atoms with Gasteiger partial charge in [-0.25, -0.2) is 9.97 Å². The van der Waals surface area contributed by atoms with E-state index in [4.69, 9.17) is 4.98 Å². The van der Waals surface area contributed by atoms with Gasteiger partial charge in [0.2, 0.25) is 5.82 Å². The summed E-state index contributed by atoms with van der Waals surface area (Å²) in [6.45, 7) is 4.10. The van der Waals surface area contributed by atoms with Gasteiger partial charge in [-0.15, -0.1) is 10.2 Å². The van der Waals surface area contributed by atoms with Gasteiger partial charge in [0.25, 0.3) is 0 Å². The maximum absolute atomic E-state index is 4.72. The van der Waals surface area contributed by atoms with Crippen molar-refractivity contribution in [3.05, 3.63) is 66.4 Å². The minimum Gasteiger partial charge on any atom is -0.330 e. The van der Waals surface area contributed by atoms with Crippen LogP contribution in [0.4, 0.5) is 11.5 Å². The molecule has 1 aromatic carbocycles. The second-order valence-corrected chi connectivity index (χ2v) is 7.06. The molecule has 5 aromatic rings. The number of nitrogens with one attached hydrogen (secondary N) is 1. The summed E-state index contributed by atoms with van der Waals surface area (Å²) >= 11 is 0. The predicted molar refractivity (Wildman–Crippen MR) is 114 cm³/mol. The summed E-state index contributed by atoms with van der Waals surface area (Å²) in [5.74, 6) is 1.58. The minimum atomic E-state index is 0.558. The smallest absolute Gasteiger partial charge is 0.221 e. The summed E-state index contributed by atoms with van der Waals surface area (Å²) in [7, 11) is 2.05. The van der Waals surface area contributed by atoms with E-state index in [0.29, 0.717) is 5.82 Å². The number of nitrogens with zero attached hydrogens (tertiary/aromatic N) is 8. The van der Waals surface area contributed by atoms with Crippen molar-refractivity contribution in [2.24, 2.45) is 0 Å². The monoisotopic (exact) mass is 399 g/mol. The SMILES string of the molecule is CCc1cc(N(C)c2ccc(-n3cccc3-c3nn[nH]n3)cc2)n2cnc(C)c2n1. The lowest BCUT2D eigenvalue weighted by Crippen LogP contribution is -2.14. The maximum atomic E-state index is 4.72. The topological polar surface area (TPSA) is 92.8 Å². The Morgan fingerprint density at radius 3 is 2.70 bits per heavy atom. The van der Waals surface area contributed by atoms with Crippen molar-refractivity contribution in [1.82, 2.24) is 39.6 Å². The number of rotatable bonds is 5. The van der Waals surface area contributed by atoms with Crippen LogP contribution in [0.1, 0.15) is 18.3 Å². The quantitative estimate of drug-likeness (QED) is 0.487. The van der Waals surface area contributed by atoms with Crippen LogP contribution >= 0.6 is 0 Å². The third kappa shape index (κ3) is 2.91. The molecule has 4 aromatic heterocycles. The zero-order valence-corrected chi connectivity index (χ0v) is 17.0. The molecule has 5 rings (SSSR count). The van der Waals surface area contributed by atoms with Gasteiger partial charge in [0.15, 0.2) is 5.65 Å². The first kappa shape index (κ1) is 18.0. The number of aromatic amines is 1. The van der Waals surface area contributed by atoms with Crippen LogP contribution in [0, 0.1) is 6.92 Å². The molecule has 0 saturated carbocycles. The van der Waals surface area contributed by atoms with Gasteiger partial charge < -0.3 is 9.47 Å². The number of fused-ring (bicyclic) bond motifs is 1. The molecule has 0 aliphatic carbocycles. The maximum Gasteiger partial charge on any atom is 0.221 e. The molecule has 150 valence electrons. The molecule has 4 heterocycles. The van der Waals surface area contributed by atoms with E-state index < -0.39 is 0 Å². The number of aromatic nitrogens is 8. The first-order chi connectivity index (χ1) is 14.7. The Hall–Kier alpha value is -4.01. The van der Waals surface area contributed by atoms with Crippen molar-refractivity contribution >= 4 is 17.2 Å². The number of hydrogen-bond donors (Lipinski definition) is 1. The fourth-order valence-electron chi connectivity index (χ4n) is 3.59. The molecular formula is C21H21N9. The molecule has 0 bridgehead atoms. The van der Waals surface area contributed by atoms with Crippen LogP contribution in [0.15, 0.2) is 55.0 Å². The van der Waals surface area contributed by atoms with E-state index in [1.807, 2.05) is 40.5 Å². The van der Waals surface area contributed by atoms with Crippen molar-refractivity contribution in [2.45, 2.75) is 20.3 Å². The third-order valence-corrected chi connectivity index (χ3v) is 5.25. The minimum absolute atomic E-state index is 0.558. The van der Waals surface area contributed by atoms with Crippen LogP contribution in [0.25, 0.3) is 22.9 Å². The van der Waals surface area contributed by atoms with Crippen molar-refractivity contribution in [3.63, 3.8) is 0 Å². The van der Waals surface area contributed by atoms with Crippen LogP contribution in [-0.2, 0) is 6.42 Å². The summed E-state index contributed by atoms with van der Waals surface area (Å²) in [6.07, 6.45) is 4.68. The molecule has 1 N–H and O–H groups in total. The molecule has 9 heteroatoms. The molecule has 9 nitrogen and oxygen atoms in total. The summed E-state index contributed by atoms with van der Waals surface area (Å²) in [6, 6.07) is 14.4. The number of tetrazole rings is 1. The van der Waals surface area contributed by atoms with E-state index in [1.54, 1.807) is 0 Å². The third-order valence-electron chi connectivity index (χ3n) is 5.25. The van der Waals surface area contributed by atoms with Crippen molar-refractivity contribution in [1.29, 1.82) is 0 Å². The molecule has 0 saturated heterocycles. The average molecular weight is 399 g/mol. The Kier molecular flexibility index (Phi) is 4.27. The van der Waals surface area contributed by atoms with Crippen LogP contribution in [0.2, 0.25) is 0 Å². The molecule has 0 aliphatic rings. The lowest BCUT2D eigenvalue weighted by Gasteiger charge is -2.22. The highest BCUT2D eigenvalue weighted by Gasteiger charge is 2.14. The Bertz CT molecular complexity index is 1300. The van der Waals surface area contributed by atoms with Gasteiger partial charge in [0, 0.05) is 36.4 Å². The van der Waals surface area contributed by atoms with Crippen LogP contribution < -0.4 is 4.90 Å². The highest BCUT2D eigenvalue weighted by atomic mass is 15.5. The van der Waals surface area contributed by atoms with Gasteiger partial charge in [0.1, 0.15) is 12.1 Å². The Balaban J connectivity index is 1.51. The zero-order valence-electron chi connectivity index (χ0n) is 17.0. The van der Waals surface area contributed by atoms with Crippen molar-refractivity contribution in [3.8, 4) is 17.2 Å². The van der Waals surface area contributed by atoms with Crippen molar-refractivity contribution < 1.29 is 0 Å². The molecule has 0 fully saturated rings. The molecule has 30 heavy (non-hydrogen) atoms. The van der Waals surface area contributed by atoms with Crippen LogP contribution in [0.5, 0.6) is 0 Å². The highest BCUT2D eigenvalue weighted by Crippen LogP contribution is 2.28. The van der Waals surface area contributed by atoms with E-state index in [-0.39, 0.29) is 0 Å². The molecule has 0 radical (unpaired) electrons. The second-order valence-electron chi connectivity index (χ2n) is 7.06. The summed E-state index contributed by atoms with van der Waals surface area (Å²) in [4.78, 5) is 11.3. The summed E-state index contributed by atoms with van der Waals surface area (Å²) in [5, 5.41) is 14.3. The van der Waals surface area contributed by atoms with E-state index in [2.05, 4.69) is 74.8 Å². The van der Waals surface area contributed by atoms with Crippen LogP contribution in [-0.4, -0.2) is 46.6 Å². The first-order valence-corrected chi connectivity index (χ1v) is 9.74. The number of H-pyrrole nitrogens is 1. The molecule has 0 aliphatic heterocycles. The van der Waals surface area contributed by atoms with Crippen molar-refractivity contribution in [2.75, 3.05) is 11.9 Å². The lowest BCUT2D eigenvalue weighted by atomic mass is 10.2. The molecule has 0 unspecified atom stereocenters. The van der Waals surface area contributed by atoms with E-state index in [0.717, 1.165) is 46.3 Å². The Labute approximate surface area is 173 Å². The number of anilines is 2. The van der Waals surface area contributed by atoms with Gasteiger partial charge in [0.05, 0.1) is 11.4 Å². The van der Waals surface area contributed by atoms with Gasteiger partial charge in [-0.05, 0) is 55.0 Å². The van der Waals surface area contributed by atoms with Crippen LogP contribution in [0.3, 0.4) is 0 Å². The number of aryl methyl sites for hydroxylation is 2. The predicted octanol–water partition coefficient (Wildman–Crippen LogP) is 3.34. The highest BCUT2D eigenvalue weighted by molar-refractivity contribution is 5.65. The fourth-order valence-corrected chi connectivity index (χ4v) is 3.59. The van der Waals surface area contributed by atoms with E-state index >= 15 is 0 Å². The Morgan fingerprint density at radius 2 is 1.97 bits per heavy atom. The fraction of sp³-hybridized carbons (Fsp3) is 0.190. The zero-order chi connectivity index (χ0) is 20.7. The molecule has 0 atom stereocenters. The lowest BCUT2D eigenvalue weighted by molar-refractivity contribution is 0.881. The summed E-state index contributed by atoms with van der Waals surface area (Å²) in [5.41, 5.74) is 5.82. The largest absolute Gasteiger partial charge is 0.330 e. The average Bonchev–Trinajstić information content (AvgIpc) is 3.54. The summed E-state index contributed by atoms with van der Waals surface area (Å²) < 4.78 is 4.07. The number of benzene rings is 1. The number of hydrogen-bond acceptors (Lipinski definition) is 6. The van der Waals surface area contributed by atoms with E-state index in [9.17, 15) is 0 Å². The number of imidazole rings is 1. The Morgan fingerprint density at radius 1 is 1.13 bits per heavy atom. The molecule has 0 amide bonds. The standard InChI is InChI=1S/C21H21N9/c1-4-15-12-19(30-13-22-14(2)21(30)23-15)28(3)16-7-9-17(10-8-16)29-11-5-6-18(29)20-24-26-27-25-20/h5-13H,4H2,1-3H3,(H,24,25,26,27). The van der Waals surface area contributed by atoms with Gasteiger partial charge >= 0.3 is 0 Å². The first-order valence-electron chi connectivity index (χ1n) is 9.74. The van der Waals surface area contributed by atoms with Gasteiger partial charge in [-0.3, -0.25) is 4.40 Å². The molecular weight excluding hydrogens is 378 g/mol. The van der Waals surface area contributed by atoms with Gasteiger partial charge in [-0.1, -0.05) is 6.92 Å².